The third-order valence-electron chi connectivity index (χ3n) is 3.69. The minimum Gasteiger partial charge on any atom is -0.469 e. The van der Waals surface area contributed by atoms with Crippen molar-refractivity contribution in [1.29, 1.82) is 0 Å². The monoisotopic (exact) mass is 489 g/mol. The summed E-state index contributed by atoms with van der Waals surface area (Å²) in [5.74, 6) is 1.75. The summed E-state index contributed by atoms with van der Waals surface area (Å²) in [4.78, 5) is 5.99. The first-order valence-electron chi connectivity index (χ1n) is 8.40. The lowest BCUT2D eigenvalue weighted by Crippen LogP contribution is -2.40. The average Bonchev–Trinajstić information content (AvgIpc) is 3.13. The summed E-state index contributed by atoms with van der Waals surface area (Å²) in [5.41, 5.74) is 2.50. The largest absolute Gasteiger partial charge is 0.469 e. The molecule has 0 radical (unpaired) electrons. The van der Waals surface area contributed by atoms with Crippen molar-refractivity contribution in [1.82, 2.24) is 10.6 Å². The number of thioether (sulfide) groups is 1. The number of benzene rings is 1. The van der Waals surface area contributed by atoms with Gasteiger partial charge >= 0.3 is 0 Å². The van der Waals surface area contributed by atoms with E-state index in [2.05, 4.69) is 42.0 Å². The van der Waals surface area contributed by atoms with Gasteiger partial charge in [-0.15, -0.1) is 35.7 Å². The topological polar surface area (TPSA) is 58.8 Å². The van der Waals surface area contributed by atoms with Gasteiger partial charge in [-0.25, -0.2) is 4.99 Å². The fourth-order valence-corrected chi connectivity index (χ4v) is 3.05. The lowest BCUT2D eigenvalue weighted by molar-refractivity contribution is 0.203. The van der Waals surface area contributed by atoms with Crippen LogP contribution in [0.4, 0.5) is 0 Å². The van der Waals surface area contributed by atoms with Gasteiger partial charge in [0.05, 0.1) is 19.4 Å². The van der Waals surface area contributed by atoms with Crippen LogP contribution in [0.25, 0.3) is 0 Å². The Morgan fingerprint density at radius 2 is 2.04 bits per heavy atom. The van der Waals surface area contributed by atoms with E-state index in [-0.39, 0.29) is 24.0 Å². The second kappa shape index (κ2) is 13.1. The maximum Gasteiger partial charge on any atom is 0.191 e. The number of guanidine groups is 1. The Morgan fingerprint density at radius 1 is 1.23 bits per heavy atom. The number of methoxy groups -OCH3 is 1. The number of hydrogen-bond donors (Lipinski definition) is 2. The minimum atomic E-state index is 0. The molecule has 0 aliphatic carbocycles. The van der Waals surface area contributed by atoms with Crippen LogP contribution in [-0.4, -0.2) is 39.0 Å². The van der Waals surface area contributed by atoms with Gasteiger partial charge < -0.3 is 19.8 Å². The number of aliphatic imine (C=N–C) groups is 1. The van der Waals surface area contributed by atoms with Crippen LogP contribution in [0, 0.1) is 6.92 Å². The van der Waals surface area contributed by atoms with Crippen LogP contribution in [-0.2, 0) is 17.7 Å². The first kappa shape index (κ1) is 22.9. The Balaban J connectivity index is 0.00000338. The molecule has 0 aliphatic heterocycles. The van der Waals surface area contributed by atoms with E-state index >= 15 is 0 Å². The molecule has 0 saturated carbocycles. The van der Waals surface area contributed by atoms with Crippen LogP contribution in [0.3, 0.4) is 0 Å². The van der Waals surface area contributed by atoms with Gasteiger partial charge in [0.1, 0.15) is 5.76 Å². The van der Waals surface area contributed by atoms with Gasteiger partial charge in [0.25, 0.3) is 0 Å². The molecule has 0 bridgehead atoms. The van der Waals surface area contributed by atoms with Gasteiger partial charge in [0.15, 0.2) is 5.96 Å². The maximum absolute atomic E-state index is 5.36. The molecule has 1 aromatic heterocycles. The molecule has 1 aromatic carbocycles. The molecule has 26 heavy (non-hydrogen) atoms. The number of ether oxygens (including phenoxy) is 1. The number of hydrogen-bond acceptors (Lipinski definition) is 4. The molecule has 0 amide bonds. The summed E-state index contributed by atoms with van der Waals surface area (Å²) in [6.07, 6.45) is 4.61. The Kier molecular flexibility index (Phi) is 11.5. The molecule has 1 heterocycles. The molecule has 0 atom stereocenters. The highest BCUT2D eigenvalue weighted by Crippen LogP contribution is 2.22. The zero-order chi connectivity index (χ0) is 17.9. The number of aryl methyl sites for hydroxylation is 1. The molecular formula is C19H28IN3O2S. The number of nitrogens with zero attached hydrogens (tertiary/aromatic N) is 1. The van der Waals surface area contributed by atoms with Gasteiger partial charge in [0.2, 0.25) is 0 Å². The summed E-state index contributed by atoms with van der Waals surface area (Å²) in [5, 5.41) is 6.65. The zero-order valence-electron chi connectivity index (χ0n) is 15.6. The third-order valence-corrected chi connectivity index (χ3v) is 4.51. The molecule has 5 nitrogen and oxygen atoms in total. The van der Waals surface area contributed by atoms with Crippen LogP contribution in [0.1, 0.15) is 16.9 Å². The van der Waals surface area contributed by atoms with E-state index in [4.69, 9.17) is 14.1 Å². The normalized spacial score (nSPS) is 11.1. The first-order valence-corrected chi connectivity index (χ1v) is 9.62. The smallest absolute Gasteiger partial charge is 0.191 e. The van der Waals surface area contributed by atoms with Crippen LogP contribution >= 0.6 is 35.7 Å². The van der Waals surface area contributed by atoms with E-state index in [1.807, 2.05) is 12.1 Å². The highest BCUT2D eigenvalue weighted by molar-refractivity contribution is 14.0. The predicted octanol–water partition coefficient (Wildman–Crippen LogP) is 3.85. The van der Waals surface area contributed by atoms with Crippen LogP contribution < -0.4 is 10.6 Å². The predicted molar refractivity (Wildman–Crippen MR) is 120 cm³/mol. The van der Waals surface area contributed by atoms with E-state index in [1.54, 1.807) is 25.1 Å². The lowest BCUT2D eigenvalue weighted by Gasteiger charge is -2.13. The van der Waals surface area contributed by atoms with E-state index in [0.717, 1.165) is 24.7 Å². The Bertz CT molecular complexity index is 663. The molecule has 0 unspecified atom stereocenters. The Morgan fingerprint density at radius 3 is 2.73 bits per heavy atom. The van der Waals surface area contributed by atoms with E-state index < -0.39 is 0 Å². The van der Waals surface area contributed by atoms with Crippen molar-refractivity contribution < 1.29 is 9.15 Å². The molecule has 2 N–H and O–H groups in total. The number of nitrogens with one attached hydrogen (secondary N) is 2. The molecule has 0 fully saturated rings. The van der Waals surface area contributed by atoms with E-state index in [9.17, 15) is 0 Å². The molecule has 0 saturated heterocycles. The second-order valence-electron chi connectivity index (χ2n) is 5.66. The van der Waals surface area contributed by atoms with Gasteiger partial charge in [0, 0.05) is 31.5 Å². The molecule has 2 rings (SSSR count). The molecule has 0 aliphatic rings. The summed E-state index contributed by atoms with van der Waals surface area (Å²) >= 11 is 1.76. The van der Waals surface area contributed by atoms with Gasteiger partial charge in [-0.05, 0) is 42.5 Å². The van der Waals surface area contributed by atoms with E-state index in [0.29, 0.717) is 19.7 Å². The van der Waals surface area contributed by atoms with E-state index in [1.165, 1.54) is 16.0 Å². The number of furan rings is 1. The van der Waals surface area contributed by atoms with Gasteiger partial charge in [-0.2, -0.15) is 0 Å². The van der Waals surface area contributed by atoms with Crippen molar-refractivity contribution in [3.05, 3.63) is 53.5 Å². The lowest BCUT2D eigenvalue weighted by atomic mass is 10.1. The molecular weight excluding hydrogens is 461 g/mol. The molecule has 0 spiro atoms. The SMILES string of the molecule is COCCNC(=NCc1ccc(C)cc1SC)NCCc1ccco1.I. The summed E-state index contributed by atoms with van der Waals surface area (Å²) < 4.78 is 10.5. The van der Waals surface area contributed by atoms with Crippen molar-refractivity contribution >= 4 is 41.7 Å². The second-order valence-corrected chi connectivity index (χ2v) is 6.50. The van der Waals surface area contributed by atoms with Crippen molar-refractivity contribution in [3.8, 4) is 0 Å². The molecule has 7 heteroatoms. The Labute approximate surface area is 177 Å². The summed E-state index contributed by atoms with van der Waals surface area (Å²) in [6, 6.07) is 10.4. The van der Waals surface area contributed by atoms with Crippen molar-refractivity contribution in [2.45, 2.75) is 24.8 Å². The average molecular weight is 489 g/mol. The van der Waals surface area contributed by atoms with Crippen molar-refractivity contribution in [3.63, 3.8) is 0 Å². The number of halogens is 1. The first-order chi connectivity index (χ1) is 12.2. The quantitative estimate of drug-likeness (QED) is 0.184. The van der Waals surface area contributed by atoms with Gasteiger partial charge in [-0.1, -0.05) is 12.1 Å². The van der Waals surface area contributed by atoms with Crippen LogP contribution in [0.2, 0.25) is 0 Å². The zero-order valence-corrected chi connectivity index (χ0v) is 18.7. The highest BCUT2D eigenvalue weighted by atomic mass is 127. The fraction of sp³-hybridized carbons (Fsp3) is 0.421. The van der Waals surface area contributed by atoms with Crippen LogP contribution in [0.15, 0.2) is 50.9 Å². The summed E-state index contributed by atoms with van der Waals surface area (Å²) in [6.45, 7) is 4.86. The molecule has 144 valence electrons. The summed E-state index contributed by atoms with van der Waals surface area (Å²) in [7, 11) is 1.69. The fourth-order valence-electron chi connectivity index (χ4n) is 2.35. The minimum absolute atomic E-state index is 0. The number of rotatable bonds is 9. The van der Waals surface area contributed by atoms with Crippen molar-refractivity contribution in [2.24, 2.45) is 4.99 Å². The third kappa shape index (κ3) is 8.01. The Hall–Kier alpha value is -1.19. The maximum atomic E-state index is 5.36. The molecule has 2 aromatic rings. The highest BCUT2D eigenvalue weighted by Gasteiger charge is 2.04. The van der Waals surface area contributed by atoms with Crippen LogP contribution in [0.5, 0.6) is 0 Å². The van der Waals surface area contributed by atoms with Crippen molar-refractivity contribution in [2.75, 3.05) is 33.1 Å². The van der Waals surface area contributed by atoms with Gasteiger partial charge in [-0.3, -0.25) is 0 Å². The standard InChI is InChI=1S/C19H27N3O2S.HI/c1-15-6-7-16(18(13-15)25-3)14-22-19(21-10-12-23-2)20-9-8-17-5-4-11-24-17;/h4-7,11,13H,8-10,12,14H2,1-3H3,(H2,20,21,22);1H.